The minimum atomic E-state index is -0.723. The van der Waals surface area contributed by atoms with Crippen LogP contribution in [0, 0.1) is 11.3 Å². The SMILES string of the molecule is N#Cc1cc(N2CCC3(CC2)O[C@@H]2CC[C@@H](c4ccccc4)N2C3=O)ncn1. The smallest absolute Gasteiger partial charge is 0.257 e. The van der Waals surface area contributed by atoms with Gasteiger partial charge in [0.1, 0.15) is 30.1 Å². The third-order valence-electron chi connectivity index (χ3n) is 6.17. The first-order valence-electron chi connectivity index (χ1n) is 9.73. The number of rotatable bonds is 2. The van der Waals surface area contributed by atoms with Gasteiger partial charge in [0.25, 0.3) is 5.91 Å². The van der Waals surface area contributed by atoms with Crippen LogP contribution in [0.25, 0.3) is 0 Å². The highest BCUT2D eigenvalue weighted by atomic mass is 16.6. The van der Waals surface area contributed by atoms with E-state index >= 15 is 0 Å². The molecule has 1 aromatic carbocycles. The normalized spacial score (nSPS) is 25.8. The van der Waals surface area contributed by atoms with Crippen LogP contribution in [0.4, 0.5) is 5.82 Å². The third kappa shape index (κ3) is 2.64. The van der Waals surface area contributed by atoms with Crippen molar-refractivity contribution in [3.63, 3.8) is 0 Å². The van der Waals surface area contributed by atoms with Crippen LogP contribution in [-0.4, -0.2) is 45.7 Å². The first-order chi connectivity index (χ1) is 13.7. The van der Waals surface area contributed by atoms with Crippen LogP contribution in [0.2, 0.25) is 0 Å². The van der Waals surface area contributed by atoms with E-state index in [0.717, 1.165) is 18.7 Å². The Kier molecular flexibility index (Phi) is 4.02. The molecule has 7 heteroatoms. The van der Waals surface area contributed by atoms with Gasteiger partial charge >= 0.3 is 0 Å². The van der Waals surface area contributed by atoms with Crippen LogP contribution < -0.4 is 4.90 Å². The number of anilines is 1. The Bertz CT molecular complexity index is 933. The zero-order chi connectivity index (χ0) is 19.1. The number of fused-ring (bicyclic) bond motifs is 1. The van der Waals surface area contributed by atoms with Crippen molar-refractivity contribution in [2.24, 2.45) is 0 Å². The van der Waals surface area contributed by atoms with Gasteiger partial charge in [-0.1, -0.05) is 30.3 Å². The number of nitriles is 1. The molecule has 28 heavy (non-hydrogen) atoms. The van der Waals surface area contributed by atoms with Gasteiger partial charge in [-0.15, -0.1) is 0 Å². The van der Waals surface area contributed by atoms with E-state index in [1.54, 1.807) is 6.07 Å². The molecule has 0 aliphatic carbocycles. The van der Waals surface area contributed by atoms with Gasteiger partial charge in [-0.05, 0) is 18.4 Å². The Morgan fingerprint density at radius 1 is 1.14 bits per heavy atom. The van der Waals surface area contributed by atoms with Crippen LogP contribution in [-0.2, 0) is 9.53 Å². The number of hydrogen-bond acceptors (Lipinski definition) is 6. The predicted molar refractivity (Wildman–Crippen MR) is 101 cm³/mol. The van der Waals surface area contributed by atoms with E-state index in [4.69, 9.17) is 10.00 Å². The Labute approximate surface area is 163 Å². The maximum Gasteiger partial charge on any atom is 0.257 e. The number of nitrogens with zero attached hydrogens (tertiary/aromatic N) is 5. The molecule has 3 saturated heterocycles. The molecule has 0 unspecified atom stereocenters. The third-order valence-corrected chi connectivity index (χ3v) is 6.17. The minimum Gasteiger partial charge on any atom is -0.356 e. The van der Waals surface area contributed by atoms with Crippen LogP contribution >= 0.6 is 0 Å². The van der Waals surface area contributed by atoms with Gasteiger partial charge in [0.2, 0.25) is 0 Å². The summed E-state index contributed by atoms with van der Waals surface area (Å²) in [6.07, 6.45) is 4.39. The molecule has 3 aliphatic heterocycles. The number of amides is 1. The topological polar surface area (TPSA) is 82.4 Å². The summed E-state index contributed by atoms with van der Waals surface area (Å²) in [7, 11) is 0. The lowest BCUT2D eigenvalue weighted by molar-refractivity contribution is -0.140. The molecule has 0 radical (unpaired) electrons. The second kappa shape index (κ2) is 6.57. The molecule has 0 N–H and O–H groups in total. The summed E-state index contributed by atoms with van der Waals surface area (Å²) < 4.78 is 6.37. The number of piperidine rings is 1. The van der Waals surface area contributed by atoms with Gasteiger partial charge in [-0.25, -0.2) is 9.97 Å². The van der Waals surface area contributed by atoms with Crippen LogP contribution in [0.15, 0.2) is 42.7 Å². The van der Waals surface area contributed by atoms with Crippen molar-refractivity contribution in [1.29, 1.82) is 5.26 Å². The quantitative estimate of drug-likeness (QED) is 0.802. The minimum absolute atomic E-state index is 0.108. The molecule has 4 heterocycles. The summed E-state index contributed by atoms with van der Waals surface area (Å²) >= 11 is 0. The molecule has 7 nitrogen and oxygen atoms in total. The standard InChI is InChI=1S/C21H21N5O2/c22-13-16-12-18(24-14-23-16)25-10-8-21(9-11-25)20(27)26-17(6-7-19(26)28-21)15-4-2-1-3-5-15/h1-5,12,14,17,19H,6-11H2/t17-,19+/m0/s1. The Morgan fingerprint density at radius 2 is 1.93 bits per heavy atom. The summed E-state index contributed by atoms with van der Waals surface area (Å²) in [5.41, 5.74) is 0.811. The van der Waals surface area contributed by atoms with Crippen molar-refractivity contribution in [2.45, 2.75) is 43.6 Å². The van der Waals surface area contributed by atoms with E-state index < -0.39 is 5.60 Å². The maximum atomic E-state index is 13.4. The highest BCUT2D eigenvalue weighted by molar-refractivity contribution is 5.88. The molecule has 1 amide bonds. The molecule has 1 aromatic heterocycles. The molecular weight excluding hydrogens is 354 g/mol. The van der Waals surface area contributed by atoms with Crippen molar-refractivity contribution in [3.8, 4) is 6.07 Å². The molecule has 2 atom stereocenters. The fourth-order valence-corrected chi connectivity index (χ4v) is 4.73. The van der Waals surface area contributed by atoms with Crippen molar-refractivity contribution in [1.82, 2.24) is 14.9 Å². The average molecular weight is 375 g/mol. The van der Waals surface area contributed by atoms with E-state index in [1.165, 1.54) is 11.9 Å². The first kappa shape index (κ1) is 17.1. The summed E-state index contributed by atoms with van der Waals surface area (Å²) in [4.78, 5) is 25.7. The summed E-state index contributed by atoms with van der Waals surface area (Å²) in [5, 5.41) is 9.04. The fraction of sp³-hybridized carbons (Fsp3) is 0.429. The number of aromatic nitrogens is 2. The second-order valence-corrected chi connectivity index (χ2v) is 7.64. The van der Waals surface area contributed by atoms with Gasteiger partial charge in [-0.3, -0.25) is 4.79 Å². The average Bonchev–Trinajstić information content (AvgIpc) is 3.27. The lowest BCUT2D eigenvalue weighted by Crippen LogP contribution is -2.50. The van der Waals surface area contributed by atoms with E-state index in [-0.39, 0.29) is 18.2 Å². The molecule has 142 valence electrons. The van der Waals surface area contributed by atoms with Crippen LogP contribution in [0.5, 0.6) is 0 Å². The Hall–Kier alpha value is -2.98. The van der Waals surface area contributed by atoms with E-state index in [9.17, 15) is 4.79 Å². The Morgan fingerprint density at radius 3 is 2.68 bits per heavy atom. The molecule has 0 bridgehead atoms. The zero-order valence-corrected chi connectivity index (χ0v) is 15.5. The molecule has 3 aliphatic rings. The number of benzene rings is 1. The largest absolute Gasteiger partial charge is 0.356 e. The van der Waals surface area contributed by atoms with Gasteiger partial charge in [0, 0.05) is 32.0 Å². The van der Waals surface area contributed by atoms with E-state index in [1.807, 2.05) is 29.2 Å². The molecule has 0 saturated carbocycles. The number of hydrogen-bond donors (Lipinski definition) is 0. The summed E-state index contributed by atoms with van der Waals surface area (Å²) in [5.74, 6) is 0.860. The molecule has 1 spiro atoms. The highest BCUT2D eigenvalue weighted by Gasteiger charge is 2.57. The maximum absolute atomic E-state index is 13.4. The van der Waals surface area contributed by atoms with E-state index in [2.05, 4.69) is 27.0 Å². The van der Waals surface area contributed by atoms with Crippen LogP contribution in [0.3, 0.4) is 0 Å². The lowest BCUT2D eigenvalue weighted by Gasteiger charge is -2.38. The van der Waals surface area contributed by atoms with E-state index in [0.29, 0.717) is 31.6 Å². The highest BCUT2D eigenvalue weighted by Crippen LogP contribution is 2.47. The van der Waals surface area contributed by atoms with Gasteiger partial charge in [0.15, 0.2) is 5.60 Å². The van der Waals surface area contributed by atoms with Crippen LogP contribution in [0.1, 0.15) is 43.0 Å². The number of carbonyl (C=O) groups excluding carboxylic acids is 1. The van der Waals surface area contributed by atoms with Crippen molar-refractivity contribution in [3.05, 3.63) is 54.0 Å². The summed E-state index contributed by atoms with van der Waals surface area (Å²) in [6.45, 7) is 1.34. The number of ether oxygens (including phenoxy) is 1. The summed E-state index contributed by atoms with van der Waals surface area (Å²) in [6, 6.07) is 14.1. The molecule has 5 rings (SSSR count). The predicted octanol–water partition coefficient (Wildman–Crippen LogP) is 2.41. The Balaban J connectivity index is 1.33. The monoisotopic (exact) mass is 375 g/mol. The van der Waals surface area contributed by atoms with Gasteiger partial charge < -0.3 is 14.5 Å². The van der Waals surface area contributed by atoms with Crippen molar-refractivity contribution < 1.29 is 9.53 Å². The molecular formula is C21H21N5O2. The lowest BCUT2D eigenvalue weighted by atomic mass is 9.89. The molecule has 2 aromatic rings. The van der Waals surface area contributed by atoms with Crippen molar-refractivity contribution >= 4 is 11.7 Å². The second-order valence-electron chi connectivity index (χ2n) is 7.64. The van der Waals surface area contributed by atoms with Crippen molar-refractivity contribution in [2.75, 3.05) is 18.0 Å². The van der Waals surface area contributed by atoms with Gasteiger partial charge in [-0.2, -0.15) is 5.26 Å². The molecule has 3 fully saturated rings. The zero-order valence-electron chi connectivity index (χ0n) is 15.5. The van der Waals surface area contributed by atoms with Gasteiger partial charge in [0.05, 0.1) is 6.04 Å². The fourth-order valence-electron chi connectivity index (χ4n) is 4.73. The first-order valence-corrected chi connectivity index (χ1v) is 9.73. The number of carbonyl (C=O) groups is 1.